The van der Waals surface area contributed by atoms with Crippen molar-refractivity contribution in [3.63, 3.8) is 0 Å². The predicted molar refractivity (Wildman–Crippen MR) is 66.9 cm³/mol. The molecule has 1 rings (SSSR count). The number of hydrogen-bond acceptors (Lipinski definition) is 4. The van der Waals surface area contributed by atoms with Gasteiger partial charge >= 0.3 is 19.5 Å². The summed E-state index contributed by atoms with van der Waals surface area (Å²) >= 11 is 0. The molecule has 96 valence electrons. The Morgan fingerprint density at radius 2 is 1.21 bits per heavy atom. The van der Waals surface area contributed by atoms with E-state index in [1.807, 2.05) is 36.4 Å². The normalized spacial score (nSPS) is 6.95. The van der Waals surface area contributed by atoms with Crippen LogP contribution in [0.15, 0.2) is 62.2 Å². The van der Waals surface area contributed by atoms with Gasteiger partial charge in [0, 0.05) is 0 Å². The van der Waals surface area contributed by atoms with Crippen LogP contribution in [0.2, 0.25) is 0 Å². The zero-order chi connectivity index (χ0) is 14.4. The van der Waals surface area contributed by atoms with Gasteiger partial charge in [-0.25, -0.2) is 0 Å². The van der Waals surface area contributed by atoms with E-state index < -0.39 is 11.9 Å². The van der Waals surface area contributed by atoms with Crippen molar-refractivity contribution in [2.75, 3.05) is 0 Å². The topological polar surface area (TPSA) is 80.3 Å². The first kappa shape index (κ1) is 22.2. The van der Waals surface area contributed by atoms with E-state index in [0.717, 1.165) is 12.2 Å². The molecule has 0 radical (unpaired) electrons. The van der Waals surface area contributed by atoms with E-state index in [0.29, 0.717) is 0 Å². The summed E-state index contributed by atoms with van der Waals surface area (Å²) in [6.07, 6.45) is 3.28. The third kappa shape index (κ3) is 21.8. The van der Waals surface area contributed by atoms with Crippen LogP contribution in [0.3, 0.4) is 0 Å². The predicted octanol–water partition coefficient (Wildman–Crippen LogP) is 0.172. The minimum absolute atomic E-state index is 0. The number of aliphatic carboxylic acids is 2. The van der Waals surface area contributed by atoms with Gasteiger partial charge in [-0.3, -0.25) is 0 Å². The van der Waals surface area contributed by atoms with Crippen LogP contribution in [-0.4, -0.2) is 11.9 Å². The summed E-state index contributed by atoms with van der Waals surface area (Å²) in [5, 5.41) is 18.3. The standard InChI is InChI=1S/C8H8.2C3H4O2.Zn/c1-2-8-6-4-3-5-7-8;2*1-2-3(4)5;/h2-7H,1H2;2*2H,1H2,(H,4,5);/q;;;+2/p-2. The summed E-state index contributed by atoms with van der Waals surface area (Å²) in [6, 6.07) is 10.0. The van der Waals surface area contributed by atoms with Crippen LogP contribution in [0.4, 0.5) is 0 Å². The third-order valence-electron chi connectivity index (χ3n) is 1.37. The van der Waals surface area contributed by atoms with Crippen LogP contribution in [0.25, 0.3) is 6.08 Å². The number of benzene rings is 1. The van der Waals surface area contributed by atoms with E-state index in [1.54, 1.807) is 0 Å². The Kier molecular flexibility index (Phi) is 18.7. The zero-order valence-corrected chi connectivity index (χ0v) is 13.5. The van der Waals surface area contributed by atoms with Gasteiger partial charge in [-0.1, -0.05) is 56.1 Å². The number of hydrogen-bond donors (Lipinski definition) is 0. The van der Waals surface area contributed by atoms with Crippen LogP contribution < -0.4 is 10.2 Å². The SMILES string of the molecule is C=CC(=O)[O-].C=CC(=O)[O-].C=Cc1ccccc1.[Zn+2]. The van der Waals surface area contributed by atoms with E-state index >= 15 is 0 Å². The Labute approximate surface area is 125 Å². The van der Waals surface area contributed by atoms with E-state index in [2.05, 4.69) is 19.7 Å². The molecule has 0 unspecified atom stereocenters. The molecule has 0 spiro atoms. The first-order valence-electron chi connectivity index (χ1n) is 4.82. The second-order valence-electron chi connectivity index (χ2n) is 2.66. The molecule has 1 aromatic rings. The van der Waals surface area contributed by atoms with Crippen LogP contribution in [0, 0.1) is 0 Å². The summed E-state index contributed by atoms with van der Waals surface area (Å²) in [6.45, 7) is 9.43. The molecule has 0 heterocycles. The molecule has 0 saturated carbocycles. The molecule has 1 aromatic carbocycles. The molecule has 0 atom stereocenters. The minimum atomic E-state index is -1.23. The largest absolute Gasteiger partial charge is 2.00 e. The second-order valence-corrected chi connectivity index (χ2v) is 2.66. The summed E-state index contributed by atoms with van der Waals surface area (Å²) < 4.78 is 0. The van der Waals surface area contributed by atoms with Crippen molar-refractivity contribution >= 4 is 18.0 Å². The first-order chi connectivity index (χ1) is 8.47. The van der Waals surface area contributed by atoms with Crippen molar-refractivity contribution in [2.24, 2.45) is 0 Å². The molecule has 0 saturated heterocycles. The Bertz CT molecular complexity index is 381. The van der Waals surface area contributed by atoms with Crippen LogP contribution in [0.1, 0.15) is 5.56 Å². The van der Waals surface area contributed by atoms with E-state index in [4.69, 9.17) is 19.8 Å². The molecule has 0 amide bonds. The van der Waals surface area contributed by atoms with Crippen LogP contribution >= 0.6 is 0 Å². The minimum Gasteiger partial charge on any atom is -0.545 e. The van der Waals surface area contributed by atoms with Gasteiger partial charge in [-0.2, -0.15) is 0 Å². The molecule has 0 bridgehead atoms. The third-order valence-corrected chi connectivity index (χ3v) is 1.37. The molecule has 0 fully saturated rings. The molecule has 0 N–H and O–H groups in total. The molecule has 0 aromatic heterocycles. The molecular formula is C14H14O4Zn. The van der Waals surface area contributed by atoms with Crippen molar-refractivity contribution in [3.8, 4) is 0 Å². The average Bonchev–Trinajstić information content (AvgIpc) is 2.41. The Balaban J connectivity index is -0.000000208. The van der Waals surface area contributed by atoms with Gasteiger partial charge in [0.15, 0.2) is 0 Å². The van der Waals surface area contributed by atoms with Crippen molar-refractivity contribution < 1.29 is 39.3 Å². The fraction of sp³-hybridized carbons (Fsp3) is 0. The number of carboxylic acid groups (broad SMARTS) is 2. The molecule has 5 heteroatoms. The van der Waals surface area contributed by atoms with E-state index in [1.165, 1.54) is 5.56 Å². The molecule has 0 aliphatic rings. The van der Waals surface area contributed by atoms with Crippen molar-refractivity contribution in [1.82, 2.24) is 0 Å². The van der Waals surface area contributed by atoms with Crippen molar-refractivity contribution in [2.45, 2.75) is 0 Å². The Morgan fingerprint density at radius 3 is 1.37 bits per heavy atom. The van der Waals surface area contributed by atoms with Crippen LogP contribution in [-0.2, 0) is 29.1 Å². The quantitative estimate of drug-likeness (QED) is 0.589. The maximum atomic E-state index is 9.14. The molecule has 0 aliphatic heterocycles. The average molecular weight is 312 g/mol. The second kappa shape index (κ2) is 16.0. The molecular weight excluding hydrogens is 298 g/mol. The fourth-order valence-corrected chi connectivity index (χ4v) is 0.589. The fourth-order valence-electron chi connectivity index (χ4n) is 0.589. The number of carbonyl (C=O) groups excluding carboxylic acids is 2. The first-order valence-corrected chi connectivity index (χ1v) is 4.82. The van der Waals surface area contributed by atoms with Gasteiger partial charge in [-0.15, -0.1) is 0 Å². The van der Waals surface area contributed by atoms with Gasteiger partial charge < -0.3 is 19.8 Å². The summed E-state index contributed by atoms with van der Waals surface area (Å²) in [5.41, 5.74) is 1.17. The maximum absolute atomic E-state index is 9.14. The Hall–Kier alpha value is -2.00. The summed E-state index contributed by atoms with van der Waals surface area (Å²) in [5.74, 6) is -2.46. The van der Waals surface area contributed by atoms with Gasteiger partial charge in [0.2, 0.25) is 0 Å². The Morgan fingerprint density at radius 1 is 0.895 bits per heavy atom. The summed E-state index contributed by atoms with van der Waals surface area (Å²) in [4.78, 5) is 18.3. The van der Waals surface area contributed by atoms with Crippen LogP contribution in [0.5, 0.6) is 0 Å². The van der Waals surface area contributed by atoms with Gasteiger partial charge in [0.25, 0.3) is 0 Å². The maximum Gasteiger partial charge on any atom is 2.00 e. The van der Waals surface area contributed by atoms with E-state index in [-0.39, 0.29) is 19.5 Å². The zero-order valence-electron chi connectivity index (χ0n) is 10.6. The number of rotatable bonds is 3. The summed E-state index contributed by atoms with van der Waals surface area (Å²) in [7, 11) is 0. The van der Waals surface area contributed by atoms with Crippen molar-refractivity contribution in [3.05, 3.63) is 67.8 Å². The van der Waals surface area contributed by atoms with Gasteiger partial charge in [0.1, 0.15) is 0 Å². The molecule has 19 heavy (non-hydrogen) atoms. The van der Waals surface area contributed by atoms with Gasteiger partial charge in [-0.05, 0) is 17.7 Å². The van der Waals surface area contributed by atoms with Gasteiger partial charge in [0.05, 0.1) is 11.9 Å². The molecule has 0 aliphatic carbocycles. The monoisotopic (exact) mass is 310 g/mol. The van der Waals surface area contributed by atoms with Crippen molar-refractivity contribution in [1.29, 1.82) is 0 Å². The smallest absolute Gasteiger partial charge is 0.545 e. The number of carboxylic acids is 2. The number of carbonyl (C=O) groups is 2. The van der Waals surface area contributed by atoms with E-state index in [9.17, 15) is 0 Å². The molecule has 4 nitrogen and oxygen atoms in total.